The summed E-state index contributed by atoms with van der Waals surface area (Å²) in [5.74, 6) is -0.321. The molecule has 1 atom stereocenters. The molecule has 0 spiro atoms. The summed E-state index contributed by atoms with van der Waals surface area (Å²) in [6.07, 6.45) is 5.80. The van der Waals surface area contributed by atoms with E-state index >= 15 is 0 Å². The Kier molecular flexibility index (Phi) is 9.61. The number of carbonyl (C=O) groups excluding carboxylic acids is 3. The van der Waals surface area contributed by atoms with E-state index in [1.807, 2.05) is 0 Å². The molecule has 1 aromatic heterocycles. The monoisotopic (exact) mass is 532 g/mol. The zero-order valence-corrected chi connectivity index (χ0v) is 21.9. The maximum atomic E-state index is 13.8. The number of methoxy groups -OCH3 is 1. The van der Waals surface area contributed by atoms with Gasteiger partial charge in [-0.1, -0.05) is 31.0 Å². The maximum Gasteiger partial charge on any atom is 0.248 e. The highest BCUT2D eigenvalue weighted by molar-refractivity contribution is 6.01. The van der Waals surface area contributed by atoms with Gasteiger partial charge < -0.3 is 15.4 Å². The van der Waals surface area contributed by atoms with Crippen molar-refractivity contribution in [2.24, 2.45) is 0 Å². The molecule has 1 fully saturated rings. The molecule has 4 rings (SSSR count). The molecule has 0 saturated heterocycles. The number of nitrogens with zero attached hydrogens (tertiary/aromatic N) is 2. The van der Waals surface area contributed by atoms with Crippen LogP contribution in [0.4, 0.5) is 15.9 Å². The minimum absolute atomic E-state index is 0.0103. The van der Waals surface area contributed by atoms with E-state index in [4.69, 9.17) is 4.74 Å². The maximum absolute atomic E-state index is 13.8. The van der Waals surface area contributed by atoms with Crippen LogP contribution in [0.5, 0.6) is 5.75 Å². The van der Waals surface area contributed by atoms with Gasteiger partial charge in [0.1, 0.15) is 23.4 Å². The number of hydrogen-bond donors (Lipinski definition) is 2. The second-order valence-corrected chi connectivity index (χ2v) is 9.52. The highest BCUT2D eigenvalue weighted by Gasteiger charge is 2.34. The Labute approximate surface area is 227 Å². The number of carbonyl (C=O) groups is 3. The van der Waals surface area contributed by atoms with Gasteiger partial charge in [0.05, 0.1) is 7.11 Å². The van der Waals surface area contributed by atoms with Gasteiger partial charge in [0, 0.05) is 30.8 Å². The number of anilines is 2. The summed E-state index contributed by atoms with van der Waals surface area (Å²) in [5, 5.41) is 5.82. The molecule has 2 aromatic carbocycles. The molecule has 2 N–H and O–H groups in total. The van der Waals surface area contributed by atoms with E-state index in [1.54, 1.807) is 55.8 Å². The zero-order valence-electron chi connectivity index (χ0n) is 21.9. The second kappa shape index (κ2) is 13.5. The van der Waals surface area contributed by atoms with Gasteiger partial charge in [0.2, 0.25) is 17.7 Å². The Morgan fingerprint density at radius 3 is 2.36 bits per heavy atom. The van der Waals surface area contributed by atoms with Crippen molar-refractivity contribution >= 4 is 29.2 Å². The van der Waals surface area contributed by atoms with E-state index in [-0.39, 0.29) is 43.0 Å². The number of halogens is 1. The van der Waals surface area contributed by atoms with Crippen molar-refractivity contribution in [3.8, 4) is 5.75 Å². The van der Waals surface area contributed by atoms with Gasteiger partial charge in [0.15, 0.2) is 0 Å². The minimum Gasteiger partial charge on any atom is -0.497 e. The predicted molar refractivity (Wildman–Crippen MR) is 147 cm³/mol. The third-order valence-corrected chi connectivity index (χ3v) is 6.74. The number of aromatic nitrogens is 1. The van der Waals surface area contributed by atoms with E-state index in [1.165, 1.54) is 29.2 Å². The third kappa shape index (κ3) is 7.63. The number of pyridine rings is 1. The van der Waals surface area contributed by atoms with Crippen molar-refractivity contribution in [2.75, 3.05) is 17.3 Å². The van der Waals surface area contributed by atoms with Crippen LogP contribution in [0.2, 0.25) is 0 Å². The molecule has 1 saturated carbocycles. The first-order chi connectivity index (χ1) is 18.9. The summed E-state index contributed by atoms with van der Waals surface area (Å²) >= 11 is 0. The fourth-order valence-corrected chi connectivity index (χ4v) is 4.76. The van der Waals surface area contributed by atoms with Crippen LogP contribution in [0, 0.1) is 5.82 Å². The van der Waals surface area contributed by atoms with Crippen LogP contribution >= 0.6 is 0 Å². The molecule has 0 unspecified atom stereocenters. The quantitative estimate of drug-likeness (QED) is 0.355. The first-order valence-corrected chi connectivity index (χ1v) is 13.2. The van der Waals surface area contributed by atoms with E-state index in [0.29, 0.717) is 22.8 Å². The molecule has 0 radical (unpaired) electrons. The van der Waals surface area contributed by atoms with Crippen molar-refractivity contribution in [1.82, 2.24) is 10.3 Å². The molecule has 9 heteroatoms. The van der Waals surface area contributed by atoms with E-state index < -0.39 is 11.9 Å². The van der Waals surface area contributed by atoms with Crippen LogP contribution in [0.1, 0.15) is 56.6 Å². The molecule has 1 aliphatic carbocycles. The van der Waals surface area contributed by atoms with E-state index in [2.05, 4.69) is 15.6 Å². The van der Waals surface area contributed by atoms with Gasteiger partial charge in [-0.3, -0.25) is 19.3 Å². The summed E-state index contributed by atoms with van der Waals surface area (Å²) in [4.78, 5) is 45.4. The van der Waals surface area contributed by atoms with Crippen LogP contribution in [0.15, 0.2) is 72.9 Å². The van der Waals surface area contributed by atoms with Crippen LogP contribution in [0.25, 0.3) is 0 Å². The van der Waals surface area contributed by atoms with Crippen LogP contribution < -0.4 is 20.3 Å². The summed E-state index contributed by atoms with van der Waals surface area (Å²) < 4.78 is 19.1. The fourth-order valence-electron chi connectivity index (χ4n) is 4.76. The van der Waals surface area contributed by atoms with E-state index in [0.717, 1.165) is 25.7 Å². The van der Waals surface area contributed by atoms with Crippen molar-refractivity contribution in [3.05, 3.63) is 84.3 Å². The van der Waals surface area contributed by atoms with Gasteiger partial charge in [-0.15, -0.1) is 0 Å². The molecular formula is C30H33FN4O4. The molecule has 1 aliphatic rings. The molecule has 39 heavy (non-hydrogen) atoms. The average Bonchev–Trinajstić information content (AvgIpc) is 3.46. The Morgan fingerprint density at radius 2 is 1.72 bits per heavy atom. The van der Waals surface area contributed by atoms with Gasteiger partial charge in [-0.25, -0.2) is 9.37 Å². The standard InChI is InChI=1S/C30H33FN4O4/c1-39-25-18-12-21(13-19-25)29(30(38)33-23-7-2-3-8-23)35(24-16-14-22(31)15-17-24)28(37)11-6-10-27(36)34-26-9-4-5-20-32-26/h4-5,9,12-20,23,29H,2-3,6-8,10-11H2,1H3,(H,33,38)(H,32,34,36)/t29-/m0/s1. The Balaban J connectivity index is 1.57. The van der Waals surface area contributed by atoms with E-state index in [9.17, 15) is 18.8 Å². The molecule has 1 heterocycles. The topological polar surface area (TPSA) is 101 Å². The van der Waals surface area contributed by atoms with Gasteiger partial charge >= 0.3 is 0 Å². The van der Waals surface area contributed by atoms with Gasteiger partial charge in [0.25, 0.3) is 0 Å². The highest BCUT2D eigenvalue weighted by Crippen LogP contribution is 2.31. The molecule has 0 aliphatic heterocycles. The largest absolute Gasteiger partial charge is 0.497 e. The summed E-state index contributed by atoms with van der Waals surface area (Å²) in [6, 6.07) is 16.7. The highest BCUT2D eigenvalue weighted by atomic mass is 19.1. The van der Waals surface area contributed by atoms with Crippen molar-refractivity contribution in [3.63, 3.8) is 0 Å². The second-order valence-electron chi connectivity index (χ2n) is 9.52. The molecule has 3 aromatic rings. The average molecular weight is 533 g/mol. The van der Waals surface area contributed by atoms with Crippen molar-refractivity contribution in [2.45, 2.75) is 57.0 Å². The molecular weight excluding hydrogens is 499 g/mol. The van der Waals surface area contributed by atoms with Crippen LogP contribution in [-0.2, 0) is 14.4 Å². The molecule has 3 amide bonds. The Morgan fingerprint density at radius 1 is 1.00 bits per heavy atom. The molecule has 204 valence electrons. The number of benzene rings is 2. The third-order valence-electron chi connectivity index (χ3n) is 6.74. The first kappa shape index (κ1) is 27.8. The lowest BCUT2D eigenvalue weighted by Gasteiger charge is -2.32. The fraction of sp³-hybridized carbons (Fsp3) is 0.333. The van der Waals surface area contributed by atoms with Crippen molar-refractivity contribution in [1.29, 1.82) is 0 Å². The number of ether oxygens (including phenoxy) is 1. The first-order valence-electron chi connectivity index (χ1n) is 13.2. The number of rotatable bonds is 11. The Bertz CT molecular complexity index is 1250. The van der Waals surface area contributed by atoms with Crippen molar-refractivity contribution < 1.29 is 23.5 Å². The van der Waals surface area contributed by atoms with Gasteiger partial charge in [-0.05, 0) is 73.4 Å². The lowest BCUT2D eigenvalue weighted by atomic mass is 10.0. The molecule has 0 bridgehead atoms. The summed E-state index contributed by atoms with van der Waals surface area (Å²) in [7, 11) is 1.55. The minimum atomic E-state index is -0.989. The lowest BCUT2D eigenvalue weighted by Crippen LogP contribution is -2.46. The molecule has 8 nitrogen and oxygen atoms in total. The summed E-state index contributed by atoms with van der Waals surface area (Å²) in [6.45, 7) is 0. The normalized spacial score (nSPS) is 13.9. The number of amides is 3. The number of hydrogen-bond acceptors (Lipinski definition) is 5. The zero-order chi connectivity index (χ0) is 27.6. The van der Waals surface area contributed by atoms with Crippen LogP contribution in [-0.4, -0.2) is 35.9 Å². The van der Waals surface area contributed by atoms with Crippen LogP contribution in [0.3, 0.4) is 0 Å². The summed E-state index contributed by atoms with van der Waals surface area (Å²) in [5.41, 5.74) is 0.985. The SMILES string of the molecule is COc1ccc([C@@H](C(=O)NC2CCCC2)N(C(=O)CCCC(=O)Nc2ccccn2)c2ccc(F)cc2)cc1. The Hall–Kier alpha value is -4.27. The lowest BCUT2D eigenvalue weighted by molar-refractivity contribution is -0.127. The predicted octanol–water partition coefficient (Wildman–Crippen LogP) is 5.17. The smallest absolute Gasteiger partial charge is 0.248 e. The van der Waals surface area contributed by atoms with Gasteiger partial charge in [-0.2, -0.15) is 0 Å². The number of nitrogens with one attached hydrogen (secondary N) is 2.